The average Bonchev–Trinajstić information content (AvgIpc) is 2.39. The minimum atomic E-state index is 0.214. The van der Waals surface area contributed by atoms with Crippen LogP contribution in [0.1, 0.15) is 13.8 Å². The molecule has 1 aromatic heterocycles. The normalized spacial score (nSPS) is 24.1. The van der Waals surface area contributed by atoms with Crippen molar-refractivity contribution in [2.75, 3.05) is 29.9 Å². The molecule has 100 valence electrons. The molecule has 0 saturated carbocycles. The molecule has 0 bridgehead atoms. The zero-order valence-corrected chi connectivity index (χ0v) is 12.4. The highest BCUT2D eigenvalue weighted by Crippen LogP contribution is 2.21. The number of alkyl halides is 1. The van der Waals surface area contributed by atoms with Crippen molar-refractivity contribution in [1.29, 1.82) is 0 Å². The van der Waals surface area contributed by atoms with Crippen LogP contribution >= 0.6 is 15.9 Å². The Morgan fingerprint density at radius 2 is 2.33 bits per heavy atom. The Morgan fingerprint density at radius 3 is 3.06 bits per heavy atom. The van der Waals surface area contributed by atoms with E-state index >= 15 is 0 Å². The van der Waals surface area contributed by atoms with E-state index in [2.05, 4.69) is 32.7 Å². The average molecular weight is 315 g/mol. The lowest BCUT2D eigenvalue weighted by Gasteiger charge is -2.36. The van der Waals surface area contributed by atoms with Crippen LogP contribution < -0.4 is 9.64 Å². The van der Waals surface area contributed by atoms with E-state index < -0.39 is 0 Å². The molecule has 1 saturated heterocycles. The molecule has 1 fully saturated rings. The number of hydrogen-bond acceptors (Lipinski definition) is 4. The fraction of sp³-hybridized carbons (Fsp3) is 0.615. The van der Waals surface area contributed by atoms with Gasteiger partial charge in [0, 0.05) is 24.5 Å². The van der Waals surface area contributed by atoms with E-state index in [0.29, 0.717) is 12.5 Å². The fourth-order valence-corrected chi connectivity index (χ4v) is 2.48. The minimum absolute atomic E-state index is 0.214. The second-order valence-electron chi connectivity index (χ2n) is 4.40. The van der Waals surface area contributed by atoms with Crippen molar-refractivity contribution < 1.29 is 9.47 Å². The number of nitrogens with zero attached hydrogens (tertiary/aromatic N) is 2. The minimum Gasteiger partial charge on any atom is -0.478 e. The summed E-state index contributed by atoms with van der Waals surface area (Å²) in [4.78, 5) is 6.77. The van der Waals surface area contributed by atoms with E-state index in [-0.39, 0.29) is 12.2 Å². The standard InChI is InChI=1S/C13H19BrN2O2/c1-3-17-13-6-4-5-12(15-13)16-8-10(2)18-11(7-14)9-16/h4-6,10-11H,3,7-9H2,1-2H3. The predicted octanol–water partition coefficient (Wildman–Crippen LogP) is 2.47. The van der Waals surface area contributed by atoms with Gasteiger partial charge in [-0.2, -0.15) is 4.98 Å². The van der Waals surface area contributed by atoms with Crippen LogP contribution in [0.5, 0.6) is 5.88 Å². The van der Waals surface area contributed by atoms with Gasteiger partial charge in [0.1, 0.15) is 5.82 Å². The molecular weight excluding hydrogens is 296 g/mol. The van der Waals surface area contributed by atoms with E-state index in [1.54, 1.807) is 0 Å². The van der Waals surface area contributed by atoms with Crippen LogP contribution in [0.15, 0.2) is 18.2 Å². The molecule has 2 heterocycles. The molecule has 2 atom stereocenters. The molecule has 2 rings (SSSR count). The van der Waals surface area contributed by atoms with E-state index in [1.165, 1.54) is 0 Å². The maximum absolute atomic E-state index is 5.82. The lowest BCUT2D eigenvalue weighted by atomic mass is 10.2. The van der Waals surface area contributed by atoms with Gasteiger partial charge in [0.15, 0.2) is 0 Å². The van der Waals surface area contributed by atoms with Gasteiger partial charge < -0.3 is 14.4 Å². The van der Waals surface area contributed by atoms with Gasteiger partial charge in [-0.1, -0.05) is 22.0 Å². The smallest absolute Gasteiger partial charge is 0.215 e. The molecule has 0 radical (unpaired) electrons. The van der Waals surface area contributed by atoms with Crippen LogP contribution in [0.2, 0.25) is 0 Å². The number of rotatable bonds is 4. The maximum Gasteiger partial charge on any atom is 0.215 e. The Morgan fingerprint density at radius 1 is 1.50 bits per heavy atom. The Balaban J connectivity index is 2.11. The highest BCUT2D eigenvalue weighted by Gasteiger charge is 2.25. The van der Waals surface area contributed by atoms with Crippen LogP contribution in [-0.4, -0.2) is 42.2 Å². The Bertz CT molecular complexity index is 389. The van der Waals surface area contributed by atoms with Crippen LogP contribution in [0, 0.1) is 0 Å². The van der Waals surface area contributed by atoms with Gasteiger partial charge >= 0.3 is 0 Å². The number of morpholine rings is 1. The largest absolute Gasteiger partial charge is 0.478 e. The number of halogens is 1. The summed E-state index contributed by atoms with van der Waals surface area (Å²) >= 11 is 3.48. The SMILES string of the molecule is CCOc1cccc(N2CC(C)OC(CBr)C2)n1. The van der Waals surface area contributed by atoms with Gasteiger partial charge in [-0.3, -0.25) is 0 Å². The van der Waals surface area contributed by atoms with Crippen molar-refractivity contribution >= 4 is 21.7 Å². The van der Waals surface area contributed by atoms with Crippen LogP contribution in [0.25, 0.3) is 0 Å². The van der Waals surface area contributed by atoms with Gasteiger partial charge in [-0.15, -0.1) is 0 Å². The summed E-state index contributed by atoms with van der Waals surface area (Å²) in [5.41, 5.74) is 0. The lowest BCUT2D eigenvalue weighted by Crippen LogP contribution is -2.47. The predicted molar refractivity (Wildman–Crippen MR) is 75.7 cm³/mol. The van der Waals surface area contributed by atoms with Gasteiger partial charge in [0.25, 0.3) is 0 Å². The number of pyridine rings is 1. The Labute approximate surface area is 116 Å². The molecule has 0 amide bonds. The van der Waals surface area contributed by atoms with Crippen LogP contribution in [0.3, 0.4) is 0 Å². The molecular formula is C13H19BrN2O2. The maximum atomic E-state index is 5.82. The van der Waals surface area contributed by atoms with Crippen molar-refractivity contribution in [3.8, 4) is 5.88 Å². The van der Waals surface area contributed by atoms with Crippen molar-refractivity contribution in [3.05, 3.63) is 18.2 Å². The van der Waals surface area contributed by atoms with E-state index in [9.17, 15) is 0 Å². The van der Waals surface area contributed by atoms with E-state index in [4.69, 9.17) is 9.47 Å². The number of ether oxygens (including phenoxy) is 2. The van der Waals surface area contributed by atoms with E-state index in [0.717, 1.165) is 24.2 Å². The first kappa shape index (κ1) is 13.6. The first-order chi connectivity index (χ1) is 8.72. The van der Waals surface area contributed by atoms with Crippen LogP contribution in [-0.2, 0) is 4.74 Å². The molecule has 0 N–H and O–H groups in total. The van der Waals surface area contributed by atoms with Crippen molar-refractivity contribution in [2.45, 2.75) is 26.1 Å². The lowest BCUT2D eigenvalue weighted by molar-refractivity contribution is -0.00226. The Hall–Kier alpha value is -0.810. The molecule has 18 heavy (non-hydrogen) atoms. The summed E-state index contributed by atoms with van der Waals surface area (Å²) < 4.78 is 11.3. The highest BCUT2D eigenvalue weighted by molar-refractivity contribution is 9.09. The third kappa shape index (κ3) is 3.36. The zero-order valence-electron chi connectivity index (χ0n) is 10.8. The summed E-state index contributed by atoms with van der Waals surface area (Å²) in [5, 5.41) is 0.846. The molecule has 1 aliphatic heterocycles. The van der Waals surface area contributed by atoms with Crippen LogP contribution in [0.4, 0.5) is 5.82 Å². The van der Waals surface area contributed by atoms with Gasteiger partial charge in [0.2, 0.25) is 5.88 Å². The first-order valence-electron chi connectivity index (χ1n) is 6.29. The van der Waals surface area contributed by atoms with Crippen molar-refractivity contribution in [2.24, 2.45) is 0 Å². The molecule has 1 aliphatic rings. The topological polar surface area (TPSA) is 34.6 Å². The molecule has 5 heteroatoms. The summed E-state index contributed by atoms with van der Waals surface area (Å²) in [6.07, 6.45) is 0.435. The molecule has 4 nitrogen and oxygen atoms in total. The van der Waals surface area contributed by atoms with Crippen molar-refractivity contribution in [1.82, 2.24) is 4.98 Å². The third-order valence-electron chi connectivity index (χ3n) is 2.82. The van der Waals surface area contributed by atoms with Crippen molar-refractivity contribution in [3.63, 3.8) is 0 Å². The van der Waals surface area contributed by atoms with E-state index in [1.807, 2.05) is 25.1 Å². The quantitative estimate of drug-likeness (QED) is 0.800. The number of anilines is 1. The molecule has 0 aliphatic carbocycles. The first-order valence-corrected chi connectivity index (χ1v) is 7.41. The summed E-state index contributed by atoms with van der Waals surface area (Å²) in [7, 11) is 0. The second kappa shape index (κ2) is 6.38. The van der Waals surface area contributed by atoms with Gasteiger partial charge in [0.05, 0.1) is 18.8 Å². The third-order valence-corrected chi connectivity index (χ3v) is 3.55. The fourth-order valence-electron chi connectivity index (χ4n) is 2.13. The van der Waals surface area contributed by atoms with Gasteiger partial charge in [-0.05, 0) is 19.9 Å². The molecule has 0 spiro atoms. The monoisotopic (exact) mass is 314 g/mol. The second-order valence-corrected chi connectivity index (χ2v) is 5.04. The molecule has 2 unspecified atom stereocenters. The number of aromatic nitrogens is 1. The summed E-state index contributed by atoms with van der Waals surface area (Å²) in [6, 6.07) is 5.89. The summed E-state index contributed by atoms with van der Waals surface area (Å²) in [6.45, 7) is 6.42. The Kier molecular flexibility index (Phi) is 4.83. The molecule has 1 aromatic rings. The number of hydrogen-bond donors (Lipinski definition) is 0. The summed E-state index contributed by atoms with van der Waals surface area (Å²) in [5.74, 6) is 1.64. The molecule has 0 aromatic carbocycles. The van der Waals surface area contributed by atoms with Gasteiger partial charge in [-0.25, -0.2) is 0 Å². The highest BCUT2D eigenvalue weighted by atomic mass is 79.9. The zero-order chi connectivity index (χ0) is 13.0.